The number of aliphatic hydroxyl groups is 1. The molecule has 1 fully saturated rings. The minimum atomic E-state index is -1.56. The molecule has 0 aromatic carbocycles. The van der Waals surface area contributed by atoms with E-state index in [1.807, 2.05) is 0 Å². The largest absolute Gasteiger partial charge is 0.463 e. The number of esters is 4. The summed E-state index contributed by atoms with van der Waals surface area (Å²) in [6.45, 7) is 4.08. The fourth-order valence-corrected chi connectivity index (χ4v) is 2.14. The third-order valence-corrected chi connectivity index (χ3v) is 2.95. The fraction of sp³-hybridized carbons (Fsp3) is 0.714. The predicted octanol–water partition coefficient (Wildman–Crippen LogP) is -0.938. The van der Waals surface area contributed by atoms with Gasteiger partial charge in [-0.2, -0.15) is 0 Å². The molecule has 0 radical (unpaired) electrons. The fourth-order valence-electron chi connectivity index (χ4n) is 2.14. The number of aliphatic hydroxyl groups excluding tert-OH is 1. The van der Waals surface area contributed by atoms with Crippen molar-refractivity contribution in [1.82, 2.24) is 0 Å². The molecule has 1 aliphatic heterocycles. The molecular weight excluding hydrogens is 328 g/mol. The van der Waals surface area contributed by atoms with Crippen LogP contribution in [0.25, 0.3) is 0 Å². The van der Waals surface area contributed by atoms with Crippen LogP contribution in [-0.2, 0) is 42.9 Å². The van der Waals surface area contributed by atoms with Gasteiger partial charge >= 0.3 is 23.9 Å². The molecule has 24 heavy (non-hydrogen) atoms. The van der Waals surface area contributed by atoms with Crippen molar-refractivity contribution in [3.05, 3.63) is 0 Å². The summed E-state index contributed by atoms with van der Waals surface area (Å²) in [7, 11) is 0. The predicted molar refractivity (Wildman–Crippen MR) is 74.2 cm³/mol. The first-order valence-electron chi connectivity index (χ1n) is 7.10. The monoisotopic (exact) mass is 348 g/mol. The minimum absolute atomic E-state index is 0.366. The molecule has 1 N–H and O–H groups in total. The van der Waals surface area contributed by atoms with E-state index in [-0.39, 0.29) is 6.61 Å². The molecule has 1 heterocycles. The Morgan fingerprint density at radius 2 is 1.33 bits per heavy atom. The van der Waals surface area contributed by atoms with Gasteiger partial charge in [0.15, 0.2) is 12.2 Å². The average Bonchev–Trinajstić information content (AvgIpc) is 2.42. The quantitative estimate of drug-likeness (QED) is 0.490. The molecule has 0 bridgehead atoms. The number of hydrogen-bond acceptors (Lipinski definition) is 10. The summed E-state index contributed by atoms with van der Waals surface area (Å²) in [5.74, 6) is -2.87. The Labute approximate surface area is 137 Å². The first-order valence-corrected chi connectivity index (χ1v) is 7.10. The summed E-state index contributed by atoms with van der Waals surface area (Å²) in [5, 5.41) is 10.4. The second-order valence-electron chi connectivity index (χ2n) is 5.09. The Hall–Kier alpha value is -2.20. The molecule has 1 aliphatic rings. The molecular formula is C14H20O10. The summed E-state index contributed by atoms with van der Waals surface area (Å²) in [6, 6.07) is 0. The van der Waals surface area contributed by atoms with E-state index in [1.165, 1.54) is 0 Å². The lowest BCUT2D eigenvalue weighted by Crippen LogP contribution is -2.62. The number of carbonyl (C=O) groups excluding carboxylic acids is 4. The number of carbonyl (C=O) groups is 4. The Balaban J connectivity index is 3.04. The van der Waals surface area contributed by atoms with Crippen molar-refractivity contribution >= 4 is 23.9 Å². The lowest BCUT2D eigenvalue weighted by atomic mass is 9.98. The van der Waals surface area contributed by atoms with Crippen LogP contribution in [0.5, 0.6) is 0 Å². The van der Waals surface area contributed by atoms with Crippen LogP contribution in [0.4, 0.5) is 0 Å². The van der Waals surface area contributed by atoms with E-state index < -0.39 is 54.6 Å². The van der Waals surface area contributed by atoms with Gasteiger partial charge in [-0.3, -0.25) is 19.2 Å². The van der Waals surface area contributed by atoms with Crippen LogP contribution < -0.4 is 0 Å². The molecule has 0 aliphatic carbocycles. The van der Waals surface area contributed by atoms with E-state index in [0.29, 0.717) is 0 Å². The molecule has 0 saturated carbocycles. The van der Waals surface area contributed by atoms with Crippen molar-refractivity contribution in [3.8, 4) is 0 Å². The third kappa shape index (κ3) is 5.78. The standard InChI is InChI=1S/C14H20O10/c1-6(15)20-5-10-12(21-7(2)16)11(19)13(22-8(3)17)14(24-10)23-9(4)18/h10-14,19H,5H2,1-4H3/t10?,11?,12-,13-,14?/m0/s1. The number of rotatable bonds is 5. The van der Waals surface area contributed by atoms with Gasteiger partial charge in [0.2, 0.25) is 6.29 Å². The van der Waals surface area contributed by atoms with Crippen molar-refractivity contribution in [2.75, 3.05) is 6.61 Å². The van der Waals surface area contributed by atoms with Gasteiger partial charge < -0.3 is 28.8 Å². The molecule has 3 unspecified atom stereocenters. The first kappa shape index (κ1) is 19.8. The molecule has 0 aromatic heterocycles. The van der Waals surface area contributed by atoms with Crippen LogP contribution in [-0.4, -0.2) is 66.3 Å². The van der Waals surface area contributed by atoms with Crippen LogP contribution in [0.15, 0.2) is 0 Å². The molecule has 10 heteroatoms. The SMILES string of the molecule is CC(=O)OCC1OC(OC(C)=O)[C@@H](OC(C)=O)C(O)[C@H]1OC(C)=O. The summed E-state index contributed by atoms with van der Waals surface area (Å²) in [5.41, 5.74) is 0. The summed E-state index contributed by atoms with van der Waals surface area (Å²) < 4.78 is 25.0. The molecule has 1 saturated heterocycles. The van der Waals surface area contributed by atoms with Gasteiger partial charge in [0, 0.05) is 27.7 Å². The highest BCUT2D eigenvalue weighted by atomic mass is 16.7. The average molecular weight is 348 g/mol. The Morgan fingerprint density at radius 1 is 0.833 bits per heavy atom. The van der Waals surface area contributed by atoms with Gasteiger partial charge in [0.25, 0.3) is 0 Å². The van der Waals surface area contributed by atoms with E-state index in [4.69, 9.17) is 23.7 Å². The van der Waals surface area contributed by atoms with Gasteiger partial charge in [-0.25, -0.2) is 0 Å². The van der Waals surface area contributed by atoms with E-state index >= 15 is 0 Å². The van der Waals surface area contributed by atoms with Crippen molar-refractivity contribution in [2.24, 2.45) is 0 Å². The maximum Gasteiger partial charge on any atom is 0.305 e. The van der Waals surface area contributed by atoms with Gasteiger partial charge in [-0.1, -0.05) is 0 Å². The zero-order chi connectivity index (χ0) is 18.4. The minimum Gasteiger partial charge on any atom is -0.463 e. The zero-order valence-corrected chi connectivity index (χ0v) is 13.7. The number of hydrogen-bond donors (Lipinski definition) is 1. The third-order valence-electron chi connectivity index (χ3n) is 2.95. The van der Waals surface area contributed by atoms with Crippen LogP contribution in [0, 0.1) is 0 Å². The number of ether oxygens (including phenoxy) is 5. The Bertz CT molecular complexity index is 500. The van der Waals surface area contributed by atoms with Gasteiger partial charge in [0.1, 0.15) is 18.8 Å². The van der Waals surface area contributed by atoms with Gasteiger partial charge in [0.05, 0.1) is 0 Å². The maximum atomic E-state index is 11.2. The summed E-state index contributed by atoms with van der Waals surface area (Å²) in [6.07, 6.45) is -6.84. The van der Waals surface area contributed by atoms with Crippen LogP contribution in [0.3, 0.4) is 0 Å². The van der Waals surface area contributed by atoms with Crippen LogP contribution >= 0.6 is 0 Å². The lowest BCUT2D eigenvalue weighted by molar-refractivity contribution is -0.298. The highest BCUT2D eigenvalue weighted by Crippen LogP contribution is 2.27. The second-order valence-corrected chi connectivity index (χ2v) is 5.09. The normalized spacial score (nSPS) is 29.3. The van der Waals surface area contributed by atoms with Crippen molar-refractivity contribution in [1.29, 1.82) is 0 Å². The second kappa shape index (κ2) is 8.60. The molecule has 136 valence electrons. The zero-order valence-electron chi connectivity index (χ0n) is 13.7. The van der Waals surface area contributed by atoms with Crippen molar-refractivity contribution in [3.63, 3.8) is 0 Å². The van der Waals surface area contributed by atoms with E-state index in [0.717, 1.165) is 27.7 Å². The molecule has 5 atom stereocenters. The maximum absolute atomic E-state index is 11.2. The van der Waals surface area contributed by atoms with Gasteiger partial charge in [-0.15, -0.1) is 0 Å². The smallest absolute Gasteiger partial charge is 0.305 e. The van der Waals surface area contributed by atoms with Gasteiger partial charge in [-0.05, 0) is 0 Å². The molecule has 1 rings (SSSR count). The summed E-state index contributed by atoms with van der Waals surface area (Å²) in [4.78, 5) is 44.6. The highest BCUT2D eigenvalue weighted by Gasteiger charge is 2.50. The molecule has 0 spiro atoms. The first-order chi connectivity index (χ1) is 11.1. The Kier molecular flexibility index (Phi) is 7.11. The van der Waals surface area contributed by atoms with Crippen LogP contribution in [0.1, 0.15) is 27.7 Å². The molecule has 0 amide bonds. The highest BCUT2D eigenvalue weighted by molar-refractivity contribution is 5.68. The van der Waals surface area contributed by atoms with E-state index in [1.54, 1.807) is 0 Å². The van der Waals surface area contributed by atoms with Crippen molar-refractivity contribution < 1.29 is 48.0 Å². The molecule has 0 aromatic rings. The lowest BCUT2D eigenvalue weighted by Gasteiger charge is -2.42. The summed E-state index contributed by atoms with van der Waals surface area (Å²) >= 11 is 0. The Morgan fingerprint density at radius 3 is 1.79 bits per heavy atom. The molecule has 10 nitrogen and oxygen atoms in total. The van der Waals surface area contributed by atoms with E-state index in [2.05, 4.69) is 0 Å². The van der Waals surface area contributed by atoms with Crippen molar-refractivity contribution in [2.45, 2.75) is 58.4 Å². The topological polar surface area (TPSA) is 135 Å². The van der Waals surface area contributed by atoms with Crippen LogP contribution in [0.2, 0.25) is 0 Å². The van der Waals surface area contributed by atoms with E-state index in [9.17, 15) is 24.3 Å².